The molecule has 0 aliphatic rings. The molecule has 2 aromatic carbocycles. The zero-order chi connectivity index (χ0) is 18.2. The Labute approximate surface area is 153 Å². The van der Waals surface area contributed by atoms with E-state index in [2.05, 4.69) is 5.32 Å². The summed E-state index contributed by atoms with van der Waals surface area (Å²) in [5.41, 5.74) is 2.13. The predicted molar refractivity (Wildman–Crippen MR) is 103 cm³/mol. The maximum absolute atomic E-state index is 12.3. The van der Waals surface area contributed by atoms with Crippen molar-refractivity contribution in [3.63, 3.8) is 0 Å². The first kappa shape index (κ1) is 19.2. The van der Waals surface area contributed by atoms with Gasteiger partial charge in [-0.3, -0.25) is 4.79 Å². The van der Waals surface area contributed by atoms with E-state index >= 15 is 0 Å². The Kier molecular flexibility index (Phi) is 7.19. The highest BCUT2D eigenvalue weighted by molar-refractivity contribution is 8.00. The fourth-order valence-corrected chi connectivity index (χ4v) is 3.21. The molecule has 4 nitrogen and oxygen atoms in total. The highest BCUT2D eigenvalue weighted by Crippen LogP contribution is 2.26. The second-order valence-electron chi connectivity index (χ2n) is 5.73. The Balaban J connectivity index is 1.90. The number of nitrogens with one attached hydrogen (secondary N) is 1. The number of benzene rings is 2. The van der Waals surface area contributed by atoms with Crippen LogP contribution in [0.4, 0.5) is 0 Å². The average molecular weight is 359 g/mol. The first-order chi connectivity index (χ1) is 12.0. The Morgan fingerprint density at radius 1 is 1.20 bits per heavy atom. The van der Waals surface area contributed by atoms with Crippen molar-refractivity contribution in [3.8, 4) is 11.5 Å². The van der Waals surface area contributed by atoms with Crippen LogP contribution in [-0.2, 0) is 4.79 Å². The van der Waals surface area contributed by atoms with Crippen LogP contribution in [0.25, 0.3) is 0 Å². The zero-order valence-electron chi connectivity index (χ0n) is 15.2. The SMILES string of the molecule is CCOc1ccc(SCC(=O)NC(C)c2cc(C)ccc2OC)cc1. The molecular formula is C20H25NO3S. The molecule has 0 saturated heterocycles. The van der Waals surface area contributed by atoms with Crippen molar-refractivity contribution in [3.05, 3.63) is 53.6 Å². The average Bonchev–Trinajstić information content (AvgIpc) is 2.61. The summed E-state index contributed by atoms with van der Waals surface area (Å²) in [4.78, 5) is 13.3. The van der Waals surface area contributed by atoms with Crippen LogP contribution in [0.3, 0.4) is 0 Å². The minimum Gasteiger partial charge on any atom is -0.496 e. The number of hydrogen-bond donors (Lipinski definition) is 1. The third-order valence-corrected chi connectivity index (χ3v) is 4.75. The van der Waals surface area contributed by atoms with Crippen LogP contribution < -0.4 is 14.8 Å². The summed E-state index contributed by atoms with van der Waals surface area (Å²) in [5.74, 6) is 2.00. The molecule has 0 aromatic heterocycles. The lowest BCUT2D eigenvalue weighted by molar-refractivity contribution is -0.119. The van der Waals surface area contributed by atoms with E-state index in [1.54, 1.807) is 7.11 Å². The van der Waals surface area contributed by atoms with Gasteiger partial charge in [0.15, 0.2) is 0 Å². The molecule has 1 atom stereocenters. The molecule has 134 valence electrons. The van der Waals surface area contributed by atoms with Gasteiger partial charge in [0.1, 0.15) is 11.5 Å². The van der Waals surface area contributed by atoms with Crippen molar-refractivity contribution >= 4 is 17.7 Å². The van der Waals surface area contributed by atoms with E-state index in [9.17, 15) is 4.79 Å². The Hall–Kier alpha value is -2.14. The van der Waals surface area contributed by atoms with Gasteiger partial charge in [-0.2, -0.15) is 0 Å². The number of carbonyl (C=O) groups excluding carboxylic acids is 1. The Morgan fingerprint density at radius 2 is 1.92 bits per heavy atom. The van der Waals surface area contributed by atoms with Gasteiger partial charge in [0.05, 0.1) is 25.5 Å². The first-order valence-corrected chi connectivity index (χ1v) is 9.31. The van der Waals surface area contributed by atoms with E-state index in [1.807, 2.05) is 63.2 Å². The van der Waals surface area contributed by atoms with Crippen LogP contribution in [0.5, 0.6) is 11.5 Å². The second-order valence-corrected chi connectivity index (χ2v) is 6.78. The Bertz CT molecular complexity index is 701. The van der Waals surface area contributed by atoms with Crippen LogP contribution in [-0.4, -0.2) is 25.4 Å². The molecule has 0 aliphatic carbocycles. The molecule has 5 heteroatoms. The minimum absolute atomic E-state index is 0.00468. The standard InChI is InChI=1S/C20H25NO3S/c1-5-24-16-7-9-17(10-8-16)25-13-20(22)21-15(3)18-12-14(2)6-11-19(18)23-4/h6-12,15H,5,13H2,1-4H3,(H,21,22). The molecule has 0 radical (unpaired) electrons. The number of methoxy groups -OCH3 is 1. The number of aryl methyl sites for hydroxylation is 1. The van der Waals surface area contributed by atoms with Crippen molar-refractivity contribution in [2.24, 2.45) is 0 Å². The van der Waals surface area contributed by atoms with Gasteiger partial charge in [-0.05, 0) is 51.1 Å². The highest BCUT2D eigenvalue weighted by Gasteiger charge is 2.14. The van der Waals surface area contributed by atoms with Crippen LogP contribution in [0.1, 0.15) is 31.0 Å². The lowest BCUT2D eigenvalue weighted by Gasteiger charge is -2.18. The number of rotatable bonds is 8. The first-order valence-electron chi connectivity index (χ1n) is 8.33. The van der Waals surface area contributed by atoms with Crippen LogP contribution >= 0.6 is 11.8 Å². The summed E-state index contributed by atoms with van der Waals surface area (Å²) in [6.07, 6.45) is 0. The van der Waals surface area contributed by atoms with Crippen LogP contribution in [0, 0.1) is 6.92 Å². The summed E-state index contributed by atoms with van der Waals surface area (Å²) < 4.78 is 10.8. The predicted octanol–water partition coefficient (Wildman–Crippen LogP) is 4.37. The molecule has 1 unspecified atom stereocenters. The molecule has 0 bridgehead atoms. The lowest BCUT2D eigenvalue weighted by atomic mass is 10.0. The number of hydrogen-bond acceptors (Lipinski definition) is 4. The monoisotopic (exact) mass is 359 g/mol. The summed E-state index contributed by atoms with van der Waals surface area (Å²) >= 11 is 1.51. The van der Waals surface area contributed by atoms with Gasteiger partial charge in [-0.25, -0.2) is 0 Å². The summed E-state index contributed by atoms with van der Waals surface area (Å²) in [5, 5.41) is 3.04. The third-order valence-electron chi connectivity index (χ3n) is 3.73. The van der Waals surface area contributed by atoms with Gasteiger partial charge in [0.2, 0.25) is 5.91 Å². The van der Waals surface area contributed by atoms with E-state index in [1.165, 1.54) is 11.8 Å². The quantitative estimate of drug-likeness (QED) is 0.711. The minimum atomic E-state index is -0.108. The maximum atomic E-state index is 12.3. The van der Waals surface area contributed by atoms with E-state index in [0.717, 1.165) is 27.5 Å². The van der Waals surface area contributed by atoms with Gasteiger partial charge < -0.3 is 14.8 Å². The second kappa shape index (κ2) is 9.37. The van der Waals surface area contributed by atoms with Crippen molar-refractivity contribution in [2.45, 2.75) is 31.7 Å². The zero-order valence-corrected chi connectivity index (χ0v) is 16.0. The fraction of sp³-hybridized carbons (Fsp3) is 0.350. The molecule has 1 amide bonds. The molecule has 0 heterocycles. The van der Waals surface area contributed by atoms with Crippen molar-refractivity contribution in [1.29, 1.82) is 0 Å². The van der Waals surface area contributed by atoms with E-state index in [0.29, 0.717) is 12.4 Å². The van der Waals surface area contributed by atoms with Crippen LogP contribution in [0.2, 0.25) is 0 Å². The number of thioether (sulfide) groups is 1. The maximum Gasteiger partial charge on any atom is 0.230 e. The molecule has 1 N–H and O–H groups in total. The Morgan fingerprint density at radius 3 is 2.56 bits per heavy atom. The van der Waals surface area contributed by atoms with Crippen molar-refractivity contribution in [2.75, 3.05) is 19.5 Å². The number of carbonyl (C=O) groups is 1. The molecule has 0 spiro atoms. The molecular weight excluding hydrogens is 334 g/mol. The fourth-order valence-electron chi connectivity index (χ4n) is 2.50. The molecule has 0 fully saturated rings. The largest absolute Gasteiger partial charge is 0.496 e. The summed E-state index contributed by atoms with van der Waals surface area (Å²) in [7, 11) is 1.64. The topological polar surface area (TPSA) is 47.6 Å². The smallest absolute Gasteiger partial charge is 0.230 e. The van der Waals surface area contributed by atoms with Gasteiger partial charge in [0.25, 0.3) is 0 Å². The normalized spacial score (nSPS) is 11.7. The van der Waals surface area contributed by atoms with Gasteiger partial charge in [-0.15, -0.1) is 11.8 Å². The van der Waals surface area contributed by atoms with Gasteiger partial charge >= 0.3 is 0 Å². The summed E-state index contributed by atoms with van der Waals surface area (Å²) in [6.45, 7) is 6.60. The number of ether oxygens (including phenoxy) is 2. The highest BCUT2D eigenvalue weighted by atomic mass is 32.2. The van der Waals surface area contributed by atoms with Gasteiger partial charge in [0, 0.05) is 10.5 Å². The molecule has 25 heavy (non-hydrogen) atoms. The third kappa shape index (κ3) is 5.71. The molecule has 0 saturated carbocycles. The van der Waals surface area contributed by atoms with Crippen molar-refractivity contribution in [1.82, 2.24) is 5.32 Å². The lowest BCUT2D eigenvalue weighted by Crippen LogP contribution is -2.28. The molecule has 0 aliphatic heterocycles. The van der Waals surface area contributed by atoms with Crippen LogP contribution in [0.15, 0.2) is 47.4 Å². The van der Waals surface area contributed by atoms with E-state index < -0.39 is 0 Å². The van der Waals surface area contributed by atoms with Crippen molar-refractivity contribution < 1.29 is 14.3 Å². The number of amides is 1. The summed E-state index contributed by atoms with van der Waals surface area (Å²) in [6, 6.07) is 13.6. The van der Waals surface area contributed by atoms with Gasteiger partial charge in [-0.1, -0.05) is 17.7 Å². The van der Waals surface area contributed by atoms with E-state index in [4.69, 9.17) is 9.47 Å². The molecule has 2 aromatic rings. The van der Waals surface area contributed by atoms with E-state index in [-0.39, 0.29) is 11.9 Å². The molecule has 2 rings (SSSR count).